The first-order chi connectivity index (χ1) is 15.9. The zero-order valence-corrected chi connectivity index (χ0v) is 18.6. The molecule has 7 rings (SSSR count). The lowest BCUT2D eigenvalue weighted by molar-refractivity contribution is -0.0665. The van der Waals surface area contributed by atoms with Gasteiger partial charge in [-0.2, -0.15) is 20.5 Å². The summed E-state index contributed by atoms with van der Waals surface area (Å²) in [5, 5.41) is 21.6. The van der Waals surface area contributed by atoms with Crippen LogP contribution < -0.4 is 10.1 Å². The van der Waals surface area contributed by atoms with E-state index in [-0.39, 0.29) is 11.0 Å². The van der Waals surface area contributed by atoms with Gasteiger partial charge in [0.1, 0.15) is 11.6 Å². The molecule has 3 fully saturated rings. The molecule has 2 aromatic heterocycles. The van der Waals surface area contributed by atoms with Gasteiger partial charge in [0.15, 0.2) is 11.2 Å². The first kappa shape index (κ1) is 19.8. The summed E-state index contributed by atoms with van der Waals surface area (Å²) < 4.78 is 8.63. The maximum Gasteiger partial charge on any atom is 0.250 e. The summed E-state index contributed by atoms with van der Waals surface area (Å²) >= 11 is 0. The summed E-state index contributed by atoms with van der Waals surface area (Å²) in [4.78, 5) is 14.3. The van der Waals surface area contributed by atoms with Gasteiger partial charge in [-0.1, -0.05) is 0 Å². The zero-order valence-electron chi connectivity index (χ0n) is 18.6. The molecule has 0 unspecified atom stereocenters. The van der Waals surface area contributed by atoms with Gasteiger partial charge in [0.2, 0.25) is 5.95 Å². The van der Waals surface area contributed by atoms with Crippen molar-refractivity contribution in [2.75, 3.05) is 5.32 Å². The van der Waals surface area contributed by atoms with Crippen molar-refractivity contribution < 1.29 is 4.74 Å². The molecule has 0 atom stereocenters. The number of hydrogen-bond donors (Lipinski definition) is 1. The molecule has 0 amide bonds. The standard InChI is InChI=1S/C25H23N7O/c1-15-9-17(5-3-7-26)10-16(2)20(15)33-22-19-21(28-18-6-4-8-32(18)19)29-23(30-22)31-25-11-24(12-25,13-25)14-27/h3,5,9-10H,4,6,8,11-13H2,1-2H3,(H,29,30,31)/b5-3+. The molecule has 1 aromatic carbocycles. The summed E-state index contributed by atoms with van der Waals surface area (Å²) in [5.74, 6) is 2.76. The van der Waals surface area contributed by atoms with E-state index in [2.05, 4.69) is 16.0 Å². The van der Waals surface area contributed by atoms with Crippen LogP contribution in [0.5, 0.6) is 11.6 Å². The van der Waals surface area contributed by atoms with Crippen molar-refractivity contribution in [2.45, 2.75) is 58.0 Å². The highest BCUT2D eigenvalue weighted by Crippen LogP contribution is 2.67. The number of nitrogens with zero attached hydrogens (tertiary/aromatic N) is 6. The lowest BCUT2D eigenvalue weighted by atomic mass is 9.40. The van der Waals surface area contributed by atoms with Gasteiger partial charge >= 0.3 is 0 Å². The van der Waals surface area contributed by atoms with E-state index in [0.29, 0.717) is 17.5 Å². The van der Waals surface area contributed by atoms with Crippen LogP contribution in [-0.2, 0) is 13.0 Å². The molecule has 8 nitrogen and oxygen atoms in total. The molecule has 3 aromatic rings. The van der Waals surface area contributed by atoms with Crippen LogP contribution in [-0.4, -0.2) is 25.1 Å². The van der Waals surface area contributed by atoms with Gasteiger partial charge in [-0.25, -0.2) is 4.98 Å². The van der Waals surface area contributed by atoms with E-state index >= 15 is 0 Å². The zero-order chi connectivity index (χ0) is 22.8. The smallest absolute Gasteiger partial charge is 0.250 e. The second-order valence-corrected chi connectivity index (χ2v) is 9.68. The molecule has 4 aliphatic rings. The van der Waals surface area contributed by atoms with Crippen molar-refractivity contribution in [3.05, 3.63) is 40.7 Å². The average Bonchev–Trinajstić information content (AvgIpc) is 3.31. The van der Waals surface area contributed by atoms with E-state index in [1.54, 1.807) is 6.08 Å². The first-order valence-electron chi connectivity index (χ1n) is 11.3. The molecular weight excluding hydrogens is 414 g/mol. The number of hydrogen-bond acceptors (Lipinski definition) is 7. The van der Waals surface area contributed by atoms with Gasteiger partial charge < -0.3 is 14.6 Å². The number of nitriles is 2. The molecule has 33 heavy (non-hydrogen) atoms. The number of anilines is 1. The van der Waals surface area contributed by atoms with Gasteiger partial charge in [0, 0.05) is 24.6 Å². The van der Waals surface area contributed by atoms with Crippen LogP contribution in [0.15, 0.2) is 18.2 Å². The Labute approximate surface area is 191 Å². The van der Waals surface area contributed by atoms with Crippen molar-refractivity contribution in [1.29, 1.82) is 10.5 Å². The summed E-state index contributed by atoms with van der Waals surface area (Å²) in [6, 6.07) is 8.47. The van der Waals surface area contributed by atoms with E-state index in [0.717, 1.165) is 72.4 Å². The Morgan fingerprint density at radius 2 is 1.88 bits per heavy atom. The van der Waals surface area contributed by atoms with Crippen molar-refractivity contribution in [3.8, 4) is 23.8 Å². The fourth-order valence-electron chi connectivity index (χ4n) is 5.75. The van der Waals surface area contributed by atoms with Crippen LogP contribution >= 0.6 is 0 Å². The number of benzene rings is 1. The fourth-order valence-corrected chi connectivity index (χ4v) is 5.75. The van der Waals surface area contributed by atoms with Gasteiger partial charge in [0.05, 0.1) is 17.6 Å². The van der Waals surface area contributed by atoms with Gasteiger partial charge in [-0.3, -0.25) is 0 Å². The number of nitrogens with one attached hydrogen (secondary N) is 1. The summed E-state index contributed by atoms with van der Waals surface area (Å²) in [5.41, 5.74) is 4.12. The number of aryl methyl sites for hydroxylation is 4. The number of fused-ring (bicyclic) bond motifs is 3. The second kappa shape index (κ2) is 6.79. The van der Waals surface area contributed by atoms with Crippen LogP contribution in [0.4, 0.5) is 5.95 Å². The number of ether oxygens (including phenoxy) is 1. The molecule has 1 aliphatic heterocycles. The number of allylic oxidation sites excluding steroid dienone is 1. The van der Waals surface area contributed by atoms with Crippen LogP contribution in [0.1, 0.15) is 48.2 Å². The average molecular weight is 438 g/mol. The summed E-state index contributed by atoms with van der Waals surface area (Å²) in [6.07, 6.45) is 7.74. The Kier molecular flexibility index (Phi) is 4.07. The molecule has 8 heteroatoms. The lowest BCUT2D eigenvalue weighted by Gasteiger charge is -2.66. The minimum absolute atomic E-state index is 0.0797. The Hall–Kier alpha value is -3.91. The SMILES string of the molecule is Cc1cc(/C=C/C#N)cc(C)c1Oc1nc(NC23CC(C#N)(C2)C3)nc2nc3n(c12)CCC3. The predicted molar refractivity (Wildman–Crippen MR) is 123 cm³/mol. The van der Waals surface area contributed by atoms with Crippen LogP contribution in [0, 0.1) is 41.9 Å². The van der Waals surface area contributed by atoms with Crippen molar-refractivity contribution in [2.24, 2.45) is 5.41 Å². The molecule has 3 heterocycles. The third kappa shape index (κ3) is 2.98. The van der Waals surface area contributed by atoms with Crippen molar-refractivity contribution >= 4 is 23.2 Å². The van der Waals surface area contributed by atoms with E-state index in [9.17, 15) is 5.26 Å². The molecule has 164 valence electrons. The largest absolute Gasteiger partial charge is 0.436 e. The first-order valence-corrected chi connectivity index (χ1v) is 11.3. The third-order valence-corrected chi connectivity index (χ3v) is 7.11. The molecule has 0 spiro atoms. The molecule has 1 N–H and O–H groups in total. The number of imidazole rings is 1. The van der Waals surface area contributed by atoms with Gasteiger partial charge in [-0.05, 0) is 74.4 Å². The topological polar surface area (TPSA) is 112 Å². The van der Waals surface area contributed by atoms with Gasteiger partial charge in [0.25, 0.3) is 5.88 Å². The Balaban J connectivity index is 1.39. The highest BCUT2D eigenvalue weighted by Gasteiger charge is 2.69. The lowest BCUT2D eigenvalue weighted by Crippen LogP contribution is -2.70. The molecular formula is C25H23N7O. The highest BCUT2D eigenvalue weighted by atomic mass is 16.5. The van der Waals surface area contributed by atoms with Crippen molar-refractivity contribution in [1.82, 2.24) is 19.5 Å². The van der Waals surface area contributed by atoms with Crippen LogP contribution in [0.3, 0.4) is 0 Å². The third-order valence-electron chi connectivity index (χ3n) is 7.11. The monoisotopic (exact) mass is 437 g/mol. The van der Waals surface area contributed by atoms with E-state index in [1.807, 2.05) is 32.0 Å². The van der Waals surface area contributed by atoms with E-state index in [4.69, 9.17) is 25.0 Å². The Bertz CT molecular complexity index is 1390. The quantitative estimate of drug-likeness (QED) is 0.582. The minimum atomic E-state index is -0.151. The Morgan fingerprint density at radius 3 is 2.58 bits per heavy atom. The van der Waals surface area contributed by atoms with Crippen LogP contribution in [0.2, 0.25) is 0 Å². The molecule has 3 aliphatic carbocycles. The maximum atomic E-state index is 9.34. The molecule has 0 radical (unpaired) electrons. The second-order valence-electron chi connectivity index (χ2n) is 9.68. The van der Waals surface area contributed by atoms with Crippen molar-refractivity contribution in [3.63, 3.8) is 0 Å². The normalized spacial score (nSPS) is 24.6. The molecule has 2 bridgehead atoms. The highest BCUT2D eigenvalue weighted by molar-refractivity contribution is 5.80. The van der Waals surface area contributed by atoms with E-state index in [1.165, 1.54) is 6.08 Å². The Morgan fingerprint density at radius 1 is 1.12 bits per heavy atom. The predicted octanol–water partition coefficient (Wildman–Crippen LogP) is 4.58. The summed E-state index contributed by atoms with van der Waals surface area (Å²) in [7, 11) is 0. The number of aromatic nitrogens is 4. The maximum absolute atomic E-state index is 9.34. The van der Waals surface area contributed by atoms with Gasteiger partial charge in [-0.15, -0.1) is 0 Å². The molecule has 0 saturated heterocycles. The minimum Gasteiger partial charge on any atom is -0.436 e. The summed E-state index contributed by atoms with van der Waals surface area (Å²) in [6.45, 7) is 4.87. The fraction of sp³-hybridized carbons (Fsp3) is 0.400. The van der Waals surface area contributed by atoms with E-state index < -0.39 is 0 Å². The number of rotatable bonds is 5. The molecule has 3 saturated carbocycles. The van der Waals surface area contributed by atoms with Crippen LogP contribution in [0.25, 0.3) is 17.2 Å².